The Hall–Kier alpha value is -1.26. The Balaban J connectivity index is 0.00000289. The van der Waals surface area contributed by atoms with Crippen molar-refractivity contribution in [2.24, 2.45) is 0 Å². The van der Waals surface area contributed by atoms with Crippen LogP contribution in [-0.2, 0) is 4.74 Å². The van der Waals surface area contributed by atoms with Gasteiger partial charge >= 0.3 is 5.97 Å². The van der Waals surface area contributed by atoms with Crippen LogP contribution in [0.5, 0.6) is 5.75 Å². The first-order chi connectivity index (χ1) is 7.92. The number of likely N-dealkylation sites (N-methyl/N-ethyl adjacent to an activating group) is 1. The first-order valence-electron chi connectivity index (χ1n) is 5.54. The smallest absolute Gasteiger partial charge is 0.338 e. The molecule has 0 saturated carbocycles. The maximum Gasteiger partial charge on any atom is 0.338 e. The first kappa shape index (κ1) is 16.7. The maximum absolute atomic E-state index is 11.7. The molecule has 0 fully saturated rings. The van der Waals surface area contributed by atoms with E-state index < -0.39 is 0 Å². The number of esters is 1. The highest BCUT2D eigenvalue weighted by Gasteiger charge is 2.11. The molecule has 0 aliphatic carbocycles. The van der Waals surface area contributed by atoms with Crippen LogP contribution in [0.4, 0.5) is 0 Å². The first-order valence-corrected chi connectivity index (χ1v) is 5.54. The monoisotopic (exact) mass is 273 g/mol. The third kappa shape index (κ3) is 5.89. The van der Waals surface area contributed by atoms with E-state index in [2.05, 4.69) is 21.1 Å². The molecule has 102 valence electrons. The van der Waals surface area contributed by atoms with Crippen molar-refractivity contribution in [1.29, 1.82) is 0 Å². The number of hydrogen-bond acceptors (Lipinski definition) is 3. The Bertz CT molecular complexity index is 371. The van der Waals surface area contributed by atoms with Crippen molar-refractivity contribution < 1.29 is 31.2 Å². The highest BCUT2D eigenvalue weighted by Crippen LogP contribution is 2.12. The lowest BCUT2D eigenvalue weighted by Crippen LogP contribution is -3.00. The van der Waals surface area contributed by atoms with Gasteiger partial charge in [-0.05, 0) is 24.3 Å². The zero-order valence-corrected chi connectivity index (χ0v) is 12.0. The Morgan fingerprint density at radius 1 is 1.17 bits per heavy atom. The number of hydrogen-bond donors (Lipinski definition) is 0. The van der Waals surface area contributed by atoms with Gasteiger partial charge in [-0.2, -0.15) is 0 Å². The SMILES string of the molecule is COc1ccc(C(=O)OCC[N+](C)(C)C)cc1.[Cl-]. The van der Waals surface area contributed by atoms with Crippen LogP contribution in [0.1, 0.15) is 10.4 Å². The predicted octanol–water partition coefficient (Wildman–Crippen LogP) is -1.44. The Morgan fingerprint density at radius 3 is 2.17 bits per heavy atom. The summed E-state index contributed by atoms with van der Waals surface area (Å²) in [5.41, 5.74) is 0.548. The highest BCUT2D eigenvalue weighted by atomic mass is 35.5. The third-order valence-electron chi connectivity index (χ3n) is 2.32. The number of methoxy groups -OCH3 is 1. The van der Waals surface area contributed by atoms with E-state index in [0.29, 0.717) is 12.2 Å². The lowest BCUT2D eigenvalue weighted by atomic mass is 10.2. The van der Waals surface area contributed by atoms with E-state index in [9.17, 15) is 4.79 Å². The fourth-order valence-electron chi connectivity index (χ4n) is 1.22. The number of carbonyl (C=O) groups excluding carboxylic acids is 1. The number of nitrogens with zero attached hydrogens (tertiary/aromatic N) is 1. The van der Waals surface area contributed by atoms with E-state index in [0.717, 1.165) is 16.8 Å². The van der Waals surface area contributed by atoms with Crippen LogP contribution in [-0.4, -0.2) is 51.9 Å². The Labute approximate surface area is 114 Å². The summed E-state index contributed by atoms with van der Waals surface area (Å²) in [5.74, 6) is 0.439. The molecule has 4 nitrogen and oxygen atoms in total. The fourth-order valence-corrected chi connectivity index (χ4v) is 1.22. The molecule has 1 aromatic carbocycles. The van der Waals surface area contributed by atoms with Crippen LogP contribution in [0.25, 0.3) is 0 Å². The largest absolute Gasteiger partial charge is 1.00 e. The summed E-state index contributed by atoms with van der Waals surface area (Å²) >= 11 is 0. The molecule has 0 spiro atoms. The lowest BCUT2D eigenvalue weighted by molar-refractivity contribution is -0.870. The minimum Gasteiger partial charge on any atom is -1.00 e. The quantitative estimate of drug-likeness (QED) is 0.487. The van der Waals surface area contributed by atoms with E-state index >= 15 is 0 Å². The van der Waals surface area contributed by atoms with Crippen LogP contribution in [0, 0.1) is 0 Å². The summed E-state index contributed by atoms with van der Waals surface area (Å²) < 4.78 is 11.0. The topological polar surface area (TPSA) is 35.5 Å². The fraction of sp³-hybridized carbons (Fsp3) is 0.462. The van der Waals surface area contributed by atoms with Gasteiger partial charge in [0.15, 0.2) is 0 Å². The van der Waals surface area contributed by atoms with Gasteiger partial charge in [0.25, 0.3) is 0 Å². The summed E-state index contributed by atoms with van der Waals surface area (Å²) in [4.78, 5) is 11.7. The molecule has 0 atom stereocenters. The van der Waals surface area contributed by atoms with Crippen LogP contribution < -0.4 is 17.1 Å². The molecule has 0 radical (unpaired) electrons. The van der Waals surface area contributed by atoms with Crippen LogP contribution >= 0.6 is 0 Å². The minimum atomic E-state index is -0.291. The normalized spacial score (nSPS) is 10.4. The van der Waals surface area contributed by atoms with Crippen molar-refractivity contribution in [3.05, 3.63) is 29.8 Å². The van der Waals surface area contributed by atoms with E-state index in [-0.39, 0.29) is 18.4 Å². The molecule has 0 aliphatic heterocycles. The molecule has 0 bridgehead atoms. The van der Waals surface area contributed by atoms with Gasteiger partial charge < -0.3 is 26.4 Å². The Morgan fingerprint density at radius 2 is 1.72 bits per heavy atom. The molecule has 0 saturated heterocycles. The average Bonchev–Trinajstić information content (AvgIpc) is 2.27. The number of benzene rings is 1. The summed E-state index contributed by atoms with van der Waals surface area (Å²) in [6, 6.07) is 6.90. The summed E-state index contributed by atoms with van der Waals surface area (Å²) in [6.07, 6.45) is 0. The van der Waals surface area contributed by atoms with Crippen molar-refractivity contribution >= 4 is 5.97 Å². The van der Waals surface area contributed by atoms with Gasteiger partial charge in [-0.25, -0.2) is 4.79 Å². The minimum absolute atomic E-state index is 0. The second-order valence-electron chi connectivity index (χ2n) is 4.88. The zero-order valence-electron chi connectivity index (χ0n) is 11.3. The standard InChI is InChI=1S/C13H20NO3.ClH/c1-14(2,3)9-10-17-13(15)11-5-7-12(16-4)8-6-11;/h5-8H,9-10H2,1-4H3;1H/q+1;/p-1. The number of carbonyl (C=O) groups is 1. The average molecular weight is 274 g/mol. The van der Waals surface area contributed by atoms with Gasteiger partial charge in [-0.3, -0.25) is 0 Å². The van der Waals surface area contributed by atoms with Gasteiger partial charge in [-0.15, -0.1) is 0 Å². The molecule has 18 heavy (non-hydrogen) atoms. The molecule has 1 rings (SSSR count). The number of halogens is 1. The van der Waals surface area contributed by atoms with Crippen LogP contribution in [0.3, 0.4) is 0 Å². The maximum atomic E-state index is 11.7. The van der Waals surface area contributed by atoms with Crippen molar-refractivity contribution in [2.45, 2.75) is 0 Å². The summed E-state index contributed by atoms with van der Waals surface area (Å²) in [7, 11) is 7.76. The molecule has 0 amide bonds. The lowest BCUT2D eigenvalue weighted by Gasteiger charge is -2.23. The van der Waals surface area contributed by atoms with Crippen molar-refractivity contribution in [1.82, 2.24) is 0 Å². The van der Waals surface area contributed by atoms with E-state index in [4.69, 9.17) is 9.47 Å². The molecule has 0 aromatic heterocycles. The van der Waals surface area contributed by atoms with Crippen molar-refractivity contribution in [3.8, 4) is 5.75 Å². The van der Waals surface area contributed by atoms with Crippen molar-refractivity contribution in [2.75, 3.05) is 41.4 Å². The molecular weight excluding hydrogens is 254 g/mol. The summed E-state index contributed by atoms with van der Waals surface area (Å²) in [5, 5.41) is 0. The number of quaternary nitrogens is 1. The zero-order chi connectivity index (χ0) is 12.9. The van der Waals surface area contributed by atoms with E-state index in [1.807, 2.05) is 0 Å². The van der Waals surface area contributed by atoms with Gasteiger partial charge in [0.2, 0.25) is 0 Å². The molecule has 0 N–H and O–H groups in total. The van der Waals surface area contributed by atoms with Gasteiger partial charge in [0, 0.05) is 0 Å². The molecule has 0 aliphatic rings. The molecular formula is C13H20ClNO3. The van der Waals surface area contributed by atoms with E-state index in [1.165, 1.54) is 0 Å². The Kier molecular flexibility index (Phi) is 6.73. The highest BCUT2D eigenvalue weighted by molar-refractivity contribution is 5.89. The van der Waals surface area contributed by atoms with Crippen LogP contribution in [0.15, 0.2) is 24.3 Å². The third-order valence-corrected chi connectivity index (χ3v) is 2.32. The van der Waals surface area contributed by atoms with Gasteiger partial charge in [-0.1, -0.05) is 0 Å². The summed E-state index contributed by atoms with van der Waals surface area (Å²) in [6.45, 7) is 1.22. The number of ether oxygens (including phenoxy) is 2. The van der Waals surface area contributed by atoms with Crippen molar-refractivity contribution in [3.63, 3.8) is 0 Å². The second-order valence-corrected chi connectivity index (χ2v) is 4.88. The molecule has 0 unspecified atom stereocenters. The predicted molar refractivity (Wildman–Crippen MR) is 66.2 cm³/mol. The van der Waals surface area contributed by atoms with Crippen LogP contribution in [0.2, 0.25) is 0 Å². The molecule has 1 aromatic rings. The van der Waals surface area contributed by atoms with Gasteiger partial charge in [0.1, 0.15) is 18.9 Å². The second kappa shape index (κ2) is 7.24. The molecule has 5 heteroatoms. The molecule has 0 heterocycles. The number of rotatable bonds is 5. The van der Waals surface area contributed by atoms with Gasteiger partial charge in [0.05, 0.1) is 33.8 Å². The van der Waals surface area contributed by atoms with E-state index in [1.54, 1.807) is 31.4 Å².